The predicted molar refractivity (Wildman–Crippen MR) is 68.0 cm³/mol. The molecule has 1 aromatic carbocycles. The Morgan fingerprint density at radius 2 is 1.90 bits per heavy atom. The molecule has 2 nitrogen and oxygen atoms in total. The molecule has 2 rings (SSSR count). The minimum Gasteiger partial charge on any atom is -0.366 e. The molecular weight excluding hydrogens is 296 g/mol. The molecule has 106 valence electrons. The quantitative estimate of drug-likeness (QED) is 0.844. The summed E-state index contributed by atoms with van der Waals surface area (Å²) in [4.78, 5) is 3.66. The van der Waals surface area contributed by atoms with Gasteiger partial charge in [-0.1, -0.05) is 17.7 Å². The minimum atomic E-state index is -4.41. The van der Waals surface area contributed by atoms with Gasteiger partial charge < -0.3 is 5.32 Å². The summed E-state index contributed by atoms with van der Waals surface area (Å²) < 4.78 is 50.0. The first-order valence-electron chi connectivity index (χ1n) is 5.57. The maximum Gasteiger partial charge on any atom is 0.417 e. The van der Waals surface area contributed by atoms with E-state index in [1.807, 2.05) is 0 Å². The standard InChI is InChI=1S/C13H9ClF4N2/c14-10-5-8(1-3-11(10)15)6-19-12-4-2-9(7-20-12)13(16,17)18/h1-5,7H,6H2,(H,19,20). The Morgan fingerprint density at radius 1 is 1.15 bits per heavy atom. The maximum atomic E-state index is 12.9. The molecule has 0 aliphatic rings. The lowest BCUT2D eigenvalue weighted by Gasteiger charge is -2.09. The summed E-state index contributed by atoms with van der Waals surface area (Å²) in [6.45, 7) is 0.276. The summed E-state index contributed by atoms with van der Waals surface area (Å²) in [7, 11) is 0. The maximum absolute atomic E-state index is 12.9. The molecule has 7 heteroatoms. The number of anilines is 1. The molecule has 0 atom stereocenters. The van der Waals surface area contributed by atoms with Gasteiger partial charge in [0.2, 0.25) is 0 Å². The van der Waals surface area contributed by atoms with Gasteiger partial charge in [-0.3, -0.25) is 0 Å². The van der Waals surface area contributed by atoms with Gasteiger partial charge in [-0.25, -0.2) is 9.37 Å². The molecule has 0 amide bonds. The van der Waals surface area contributed by atoms with Crippen LogP contribution in [0.4, 0.5) is 23.4 Å². The highest BCUT2D eigenvalue weighted by Crippen LogP contribution is 2.28. The second-order valence-electron chi connectivity index (χ2n) is 4.03. The van der Waals surface area contributed by atoms with Crippen molar-refractivity contribution >= 4 is 17.4 Å². The van der Waals surface area contributed by atoms with E-state index in [1.54, 1.807) is 0 Å². The number of rotatable bonds is 3. The minimum absolute atomic E-state index is 0.00956. The Morgan fingerprint density at radius 3 is 2.45 bits per heavy atom. The van der Waals surface area contributed by atoms with Crippen LogP contribution >= 0.6 is 11.6 Å². The average molecular weight is 305 g/mol. The molecule has 0 spiro atoms. The number of halogens is 5. The van der Waals surface area contributed by atoms with Gasteiger partial charge in [-0.05, 0) is 29.8 Å². The molecule has 0 aliphatic carbocycles. The number of aromatic nitrogens is 1. The van der Waals surface area contributed by atoms with Crippen LogP contribution < -0.4 is 5.32 Å². The topological polar surface area (TPSA) is 24.9 Å². The van der Waals surface area contributed by atoms with Gasteiger partial charge >= 0.3 is 6.18 Å². The smallest absolute Gasteiger partial charge is 0.366 e. The van der Waals surface area contributed by atoms with Crippen LogP contribution in [0.2, 0.25) is 5.02 Å². The van der Waals surface area contributed by atoms with Crippen LogP contribution in [0.25, 0.3) is 0 Å². The fourth-order valence-corrected chi connectivity index (χ4v) is 1.71. The summed E-state index contributed by atoms with van der Waals surface area (Å²) >= 11 is 5.62. The Labute approximate surface area is 117 Å². The molecule has 20 heavy (non-hydrogen) atoms. The SMILES string of the molecule is Fc1ccc(CNc2ccc(C(F)(F)F)cn2)cc1Cl. The van der Waals surface area contributed by atoms with Crippen LogP contribution in [0, 0.1) is 5.82 Å². The molecule has 1 aromatic heterocycles. The predicted octanol–water partition coefficient (Wildman–Crippen LogP) is 4.51. The largest absolute Gasteiger partial charge is 0.417 e. The molecule has 0 saturated carbocycles. The van der Waals surface area contributed by atoms with Gasteiger partial charge in [0.25, 0.3) is 0 Å². The van der Waals surface area contributed by atoms with Crippen molar-refractivity contribution < 1.29 is 17.6 Å². The van der Waals surface area contributed by atoms with Crippen LogP contribution in [0.5, 0.6) is 0 Å². The molecule has 0 aliphatic heterocycles. The molecule has 0 radical (unpaired) electrons. The van der Waals surface area contributed by atoms with Crippen molar-refractivity contribution in [3.8, 4) is 0 Å². The fraction of sp³-hybridized carbons (Fsp3) is 0.154. The molecular formula is C13H9ClF4N2. The molecule has 0 bridgehead atoms. The lowest BCUT2D eigenvalue weighted by atomic mass is 10.2. The van der Waals surface area contributed by atoms with E-state index >= 15 is 0 Å². The second kappa shape index (κ2) is 5.66. The van der Waals surface area contributed by atoms with E-state index < -0.39 is 17.6 Å². The van der Waals surface area contributed by atoms with E-state index in [4.69, 9.17) is 11.6 Å². The van der Waals surface area contributed by atoms with Crippen molar-refractivity contribution in [3.05, 3.63) is 58.5 Å². The van der Waals surface area contributed by atoms with E-state index in [9.17, 15) is 17.6 Å². The normalized spacial score (nSPS) is 11.4. The van der Waals surface area contributed by atoms with Crippen molar-refractivity contribution in [1.82, 2.24) is 4.98 Å². The molecule has 1 heterocycles. The Hall–Kier alpha value is -1.82. The number of alkyl halides is 3. The first-order chi connectivity index (χ1) is 9.36. The summed E-state index contributed by atoms with van der Waals surface area (Å²) in [5, 5.41) is 2.82. The van der Waals surface area contributed by atoms with E-state index in [0.717, 1.165) is 12.3 Å². The monoisotopic (exact) mass is 304 g/mol. The molecule has 0 fully saturated rings. The Balaban J connectivity index is 2.02. The van der Waals surface area contributed by atoms with Crippen LogP contribution in [0.15, 0.2) is 36.5 Å². The van der Waals surface area contributed by atoms with E-state index in [1.165, 1.54) is 24.3 Å². The molecule has 1 N–H and O–H groups in total. The van der Waals surface area contributed by atoms with E-state index in [0.29, 0.717) is 11.4 Å². The zero-order chi connectivity index (χ0) is 14.8. The van der Waals surface area contributed by atoms with Crippen LogP contribution in [0.1, 0.15) is 11.1 Å². The van der Waals surface area contributed by atoms with Crippen LogP contribution in [-0.2, 0) is 12.7 Å². The summed E-state index contributed by atoms with van der Waals surface area (Å²) in [6, 6.07) is 6.35. The van der Waals surface area contributed by atoms with Crippen molar-refractivity contribution in [2.24, 2.45) is 0 Å². The van der Waals surface area contributed by atoms with Crippen molar-refractivity contribution in [2.75, 3.05) is 5.32 Å². The van der Waals surface area contributed by atoms with Gasteiger partial charge in [0.15, 0.2) is 0 Å². The molecule has 0 unspecified atom stereocenters. The highest BCUT2D eigenvalue weighted by Gasteiger charge is 2.30. The lowest BCUT2D eigenvalue weighted by Crippen LogP contribution is -2.07. The summed E-state index contributed by atoms with van der Waals surface area (Å²) in [5.74, 6) is -0.235. The zero-order valence-corrected chi connectivity index (χ0v) is 10.8. The first-order valence-corrected chi connectivity index (χ1v) is 5.95. The summed E-state index contributed by atoms with van der Waals surface area (Å²) in [5.41, 5.74) is -0.119. The van der Waals surface area contributed by atoms with Gasteiger partial charge in [-0.2, -0.15) is 13.2 Å². The highest BCUT2D eigenvalue weighted by atomic mass is 35.5. The number of pyridine rings is 1. The van der Waals surface area contributed by atoms with E-state index in [-0.39, 0.29) is 11.6 Å². The van der Waals surface area contributed by atoms with Gasteiger partial charge in [0, 0.05) is 12.7 Å². The molecule has 2 aromatic rings. The number of hydrogen-bond acceptors (Lipinski definition) is 2. The lowest BCUT2D eigenvalue weighted by molar-refractivity contribution is -0.137. The zero-order valence-electron chi connectivity index (χ0n) is 10.0. The van der Waals surface area contributed by atoms with Crippen molar-refractivity contribution in [3.63, 3.8) is 0 Å². The third kappa shape index (κ3) is 3.60. The fourth-order valence-electron chi connectivity index (χ4n) is 1.51. The average Bonchev–Trinajstić information content (AvgIpc) is 2.40. The molecule has 0 saturated heterocycles. The number of nitrogens with one attached hydrogen (secondary N) is 1. The van der Waals surface area contributed by atoms with Crippen molar-refractivity contribution in [1.29, 1.82) is 0 Å². The number of hydrogen-bond donors (Lipinski definition) is 1. The van der Waals surface area contributed by atoms with Crippen molar-refractivity contribution in [2.45, 2.75) is 12.7 Å². The number of benzene rings is 1. The van der Waals surface area contributed by atoms with Crippen LogP contribution in [0.3, 0.4) is 0 Å². The number of nitrogens with zero attached hydrogens (tertiary/aromatic N) is 1. The van der Waals surface area contributed by atoms with Gasteiger partial charge in [0.05, 0.1) is 10.6 Å². The van der Waals surface area contributed by atoms with Gasteiger partial charge in [0.1, 0.15) is 11.6 Å². The second-order valence-corrected chi connectivity index (χ2v) is 4.44. The van der Waals surface area contributed by atoms with E-state index in [2.05, 4.69) is 10.3 Å². The third-order valence-electron chi connectivity index (χ3n) is 2.55. The Bertz CT molecular complexity index is 596. The summed E-state index contributed by atoms with van der Waals surface area (Å²) in [6.07, 6.45) is -3.66. The van der Waals surface area contributed by atoms with Crippen LogP contribution in [-0.4, -0.2) is 4.98 Å². The third-order valence-corrected chi connectivity index (χ3v) is 2.84. The highest BCUT2D eigenvalue weighted by molar-refractivity contribution is 6.30. The van der Waals surface area contributed by atoms with Gasteiger partial charge in [-0.15, -0.1) is 0 Å². The first kappa shape index (κ1) is 14.6. The Kier molecular flexibility index (Phi) is 4.13.